The van der Waals surface area contributed by atoms with Gasteiger partial charge in [-0.2, -0.15) is 0 Å². The van der Waals surface area contributed by atoms with Crippen molar-refractivity contribution in [3.05, 3.63) is 23.3 Å². The molecule has 136 valence electrons. The Morgan fingerprint density at radius 1 is 1.00 bits per heavy atom. The first-order valence-electron chi connectivity index (χ1n) is 8.70. The molecule has 0 radical (unpaired) electrons. The lowest BCUT2D eigenvalue weighted by Crippen LogP contribution is -2.23. The first-order valence-corrected chi connectivity index (χ1v) is 8.70. The summed E-state index contributed by atoms with van der Waals surface area (Å²) in [6.45, 7) is 10.8. The van der Waals surface area contributed by atoms with Crippen LogP contribution in [-0.4, -0.2) is 22.3 Å². The molecule has 0 saturated carbocycles. The minimum atomic E-state index is -0.530. The van der Waals surface area contributed by atoms with Crippen molar-refractivity contribution < 1.29 is 19.7 Å². The highest BCUT2D eigenvalue weighted by molar-refractivity contribution is 5.48. The summed E-state index contributed by atoms with van der Waals surface area (Å²) in [7, 11) is 0. The van der Waals surface area contributed by atoms with Crippen molar-refractivity contribution in [2.75, 3.05) is 0 Å². The number of aromatic hydroxyl groups is 2. The molecular weight excluding hydrogens is 304 g/mol. The molecule has 0 amide bonds. The summed E-state index contributed by atoms with van der Waals surface area (Å²) in [6, 6.07) is 3.46. The lowest BCUT2D eigenvalue weighted by atomic mass is 9.88. The molecular formula is C20H32O4. The molecule has 2 N–H and O–H groups in total. The average molecular weight is 336 g/mol. The Bertz CT molecular complexity index is 541. The van der Waals surface area contributed by atoms with Crippen LogP contribution in [0.5, 0.6) is 11.5 Å². The van der Waals surface area contributed by atoms with Gasteiger partial charge in [-0.15, -0.1) is 0 Å². The maximum atomic E-state index is 10.5. The van der Waals surface area contributed by atoms with E-state index in [-0.39, 0.29) is 16.9 Å². The van der Waals surface area contributed by atoms with Gasteiger partial charge in [-0.1, -0.05) is 26.8 Å². The summed E-state index contributed by atoms with van der Waals surface area (Å²) < 4.78 is 5.03. The summed E-state index contributed by atoms with van der Waals surface area (Å²) in [5.41, 5.74) is 1.22. The number of rotatable bonds is 9. The Morgan fingerprint density at radius 3 is 2.21 bits per heavy atom. The van der Waals surface area contributed by atoms with E-state index in [0.717, 1.165) is 24.8 Å². The Balaban J connectivity index is 2.70. The van der Waals surface area contributed by atoms with Crippen LogP contribution in [0, 0.1) is 5.41 Å². The molecule has 1 rings (SSSR count). The van der Waals surface area contributed by atoms with Crippen LogP contribution in [0.4, 0.5) is 0 Å². The zero-order valence-electron chi connectivity index (χ0n) is 15.7. The third-order valence-electron chi connectivity index (χ3n) is 4.29. The Morgan fingerprint density at radius 2 is 1.62 bits per heavy atom. The summed E-state index contributed by atoms with van der Waals surface area (Å²) >= 11 is 0. The Labute approximate surface area is 145 Å². The largest absolute Gasteiger partial charge is 0.508 e. The van der Waals surface area contributed by atoms with Gasteiger partial charge >= 0.3 is 0 Å². The maximum Gasteiger partial charge on any atom is 0.293 e. The molecule has 4 nitrogen and oxygen atoms in total. The third-order valence-corrected chi connectivity index (χ3v) is 4.29. The standard InChI is InChI=1S/C20H32O4/c1-19(2,3)12-6-8-15-10-11-17(22)16(18(15)23)9-7-13-20(4,5)24-14-21/h10-11,14,22-23H,6-9,12-13H2,1-5H3. The highest BCUT2D eigenvalue weighted by Crippen LogP contribution is 2.34. The number of carbonyl (C=O) groups is 1. The second kappa shape index (κ2) is 8.41. The highest BCUT2D eigenvalue weighted by atomic mass is 16.5. The molecule has 0 spiro atoms. The van der Waals surface area contributed by atoms with E-state index in [1.165, 1.54) is 0 Å². The maximum absolute atomic E-state index is 10.5. The molecule has 0 unspecified atom stereocenters. The van der Waals surface area contributed by atoms with E-state index in [2.05, 4.69) is 20.8 Å². The quantitative estimate of drug-likeness (QED) is 0.639. The van der Waals surface area contributed by atoms with Gasteiger partial charge in [0.05, 0.1) is 0 Å². The minimum absolute atomic E-state index is 0.126. The molecule has 0 atom stereocenters. The van der Waals surface area contributed by atoms with E-state index in [1.54, 1.807) is 12.1 Å². The number of hydrogen-bond acceptors (Lipinski definition) is 4. The first-order chi connectivity index (χ1) is 11.1. The van der Waals surface area contributed by atoms with Gasteiger partial charge in [0.1, 0.15) is 17.1 Å². The SMILES string of the molecule is CC(C)(C)CCCc1ccc(O)c(CCCC(C)(C)OC=O)c1O. The van der Waals surface area contributed by atoms with Gasteiger partial charge < -0.3 is 14.9 Å². The van der Waals surface area contributed by atoms with Gasteiger partial charge in [0.2, 0.25) is 0 Å². The second-order valence-electron chi connectivity index (χ2n) is 8.31. The predicted octanol–water partition coefficient (Wildman–Crippen LogP) is 4.74. The number of carbonyl (C=O) groups excluding carboxylic acids is 1. The van der Waals surface area contributed by atoms with Crippen molar-refractivity contribution in [2.24, 2.45) is 5.41 Å². The van der Waals surface area contributed by atoms with Crippen LogP contribution in [0.25, 0.3) is 0 Å². The number of phenolic OH excluding ortho intramolecular Hbond substituents is 2. The molecule has 0 aliphatic heterocycles. The van der Waals surface area contributed by atoms with Gasteiger partial charge in [0.25, 0.3) is 6.47 Å². The molecule has 0 fully saturated rings. The molecule has 0 aromatic heterocycles. The van der Waals surface area contributed by atoms with Crippen LogP contribution in [0.3, 0.4) is 0 Å². The average Bonchev–Trinajstić information content (AvgIpc) is 2.43. The number of benzene rings is 1. The molecule has 0 aliphatic carbocycles. The lowest BCUT2D eigenvalue weighted by molar-refractivity contribution is -0.140. The number of aryl methyl sites for hydroxylation is 1. The van der Waals surface area contributed by atoms with E-state index < -0.39 is 5.60 Å². The fourth-order valence-electron chi connectivity index (χ4n) is 2.81. The fourth-order valence-corrected chi connectivity index (χ4v) is 2.81. The number of ether oxygens (including phenoxy) is 1. The zero-order valence-corrected chi connectivity index (χ0v) is 15.7. The van der Waals surface area contributed by atoms with Crippen molar-refractivity contribution in [1.29, 1.82) is 0 Å². The highest BCUT2D eigenvalue weighted by Gasteiger charge is 2.20. The van der Waals surface area contributed by atoms with E-state index in [9.17, 15) is 15.0 Å². The van der Waals surface area contributed by atoms with Crippen molar-refractivity contribution in [1.82, 2.24) is 0 Å². The zero-order chi connectivity index (χ0) is 18.4. The molecule has 0 aliphatic rings. The first kappa shape index (κ1) is 20.3. The topological polar surface area (TPSA) is 66.8 Å². The van der Waals surface area contributed by atoms with Gasteiger partial charge in [0.15, 0.2) is 0 Å². The van der Waals surface area contributed by atoms with Gasteiger partial charge in [0, 0.05) is 5.56 Å². The monoisotopic (exact) mass is 336 g/mol. The van der Waals surface area contributed by atoms with Crippen molar-refractivity contribution in [2.45, 2.75) is 78.7 Å². The van der Waals surface area contributed by atoms with E-state index in [1.807, 2.05) is 13.8 Å². The van der Waals surface area contributed by atoms with Crippen LogP contribution in [-0.2, 0) is 22.4 Å². The van der Waals surface area contributed by atoms with Crippen LogP contribution >= 0.6 is 0 Å². The molecule has 1 aromatic carbocycles. The van der Waals surface area contributed by atoms with Crippen LogP contribution < -0.4 is 0 Å². The van der Waals surface area contributed by atoms with E-state index in [0.29, 0.717) is 31.3 Å². The number of phenols is 2. The fraction of sp³-hybridized carbons (Fsp3) is 0.650. The number of hydrogen-bond donors (Lipinski definition) is 2. The van der Waals surface area contributed by atoms with Gasteiger partial charge in [-0.25, -0.2) is 0 Å². The second-order valence-corrected chi connectivity index (χ2v) is 8.31. The van der Waals surface area contributed by atoms with Crippen molar-refractivity contribution in [3.8, 4) is 11.5 Å². The summed E-state index contributed by atoms with van der Waals surface area (Å²) in [6.07, 6.45) is 4.82. The minimum Gasteiger partial charge on any atom is -0.508 e. The summed E-state index contributed by atoms with van der Waals surface area (Å²) in [4.78, 5) is 10.5. The van der Waals surface area contributed by atoms with E-state index in [4.69, 9.17) is 4.74 Å². The summed E-state index contributed by atoms with van der Waals surface area (Å²) in [5, 5.41) is 20.5. The van der Waals surface area contributed by atoms with Crippen molar-refractivity contribution >= 4 is 6.47 Å². The molecule has 4 heteroatoms. The predicted molar refractivity (Wildman–Crippen MR) is 96.3 cm³/mol. The molecule has 0 bridgehead atoms. The van der Waals surface area contributed by atoms with E-state index >= 15 is 0 Å². The summed E-state index contributed by atoms with van der Waals surface area (Å²) in [5.74, 6) is 0.333. The van der Waals surface area contributed by atoms with Crippen molar-refractivity contribution in [3.63, 3.8) is 0 Å². The molecule has 1 aromatic rings. The van der Waals surface area contributed by atoms with Gasteiger partial charge in [-0.05, 0) is 69.4 Å². The third kappa shape index (κ3) is 6.81. The van der Waals surface area contributed by atoms with Gasteiger partial charge in [-0.3, -0.25) is 4.79 Å². The van der Waals surface area contributed by atoms with Crippen LogP contribution in [0.2, 0.25) is 0 Å². The van der Waals surface area contributed by atoms with Crippen LogP contribution in [0.15, 0.2) is 12.1 Å². The smallest absolute Gasteiger partial charge is 0.293 e. The van der Waals surface area contributed by atoms with Crippen LogP contribution in [0.1, 0.15) is 71.4 Å². The lowest BCUT2D eigenvalue weighted by Gasteiger charge is -2.22. The molecule has 24 heavy (non-hydrogen) atoms. The normalized spacial score (nSPS) is 12.2. The Hall–Kier alpha value is -1.71. The Kier molecular flexibility index (Phi) is 7.12. The molecule has 0 heterocycles. The molecule has 0 saturated heterocycles.